The molecular weight excluding hydrogens is 277 g/mol. The molecule has 0 heterocycles. The summed E-state index contributed by atoms with van der Waals surface area (Å²) in [4.78, 5) is 22.0. The van der Waals surface area contributed by atoms with Gasteiger partial charge in [0.1, 0.15) is 0 Å². The van der Waals surface area contributed by atoms with Gasteiger partial charge in [-0.15, -0.1) is 0 Å². The van der Waals surface area contributed by atoms with E-state index in [1.807, 2.05) is 5.32 Å². The lowest BCUT2D eigenvalue weighted by atomic mass is 10.1. The molecule has 1 atom stereocenters. The van der Waals surface area contributed by atoms with Crippen LogP contribution in [0.25, 0.3) is 0 Å². The predicted octanol–water partition coefficient (Wildman–Crippen LogP) is 2.48. The summed E-state index contributed by atoms with van der Waals surface area (Å²) in [5.41, 5.74) is -0.536. The van der Waals surface area contributed by atoms with Gasteiger partial charge in [-0.25, -0.2) is 18.0 Å². The number of rotatable bonds is 5. The zero-order valence-electron chi connectivity index (χ0n) is 10.5. The van der Waals surface area contributed by atoms with E-state index in [1.165, 1.54) is 0 Å². The van der Waals surface area contributed by atoms with Crippen molar-refractivity contribution in [1.29, 1.82) is 0 Å². The van der Waals surface area contributed by atoms with Crippen molar-refractivity contribution in [2.75, 3.05) is 5.32 Å². The zero-order chi connectivity index (χ0) is 15.3. The lowest BCUT2D eigenvalue weighted by Gasteiger charge is -2.15. The Hall–Kier alpha value is -2.25. The normalized spacial score (nSPS) is 11.8. The maximum absolute atomic E-state index is 13.3. The second-order valence-electron chi connectivity index (χ2n) is 4.02. The predicted molar refractivity (Wildman–Crippen MR) is 64.8 cm³/mol. The van der Waals surface area contributed by atoms with E-state index in [9.17, 15) is 22.8 Å². The van der Waals surface area contributed by atoms with E-state index in [0.29, 0.717) is 12.5 Å². The fourth-order valence-electron chi connectivity index (χ4n) is 1.47. The summed E-state index contributed by atoms with van der Waals surface area (Å²) in [5.74, 6) is -5.69. The maximum atomic E-state index is 13.3. The van der Waals surface area contributed by atoms with Crippen molar-refractivity contribution in [2.24, 2.45) is 0 Å². The van der Waals surface area contributed by atoms with E-state index in [-0.39, 0.29) is 6.42 Å². The number of carboxylic acid groups (broad SMARTS) is 1. The van der Waals surface area contributed by atoms with Crippen LogP contribution in [0.3, 0.4) is 0 Å². The van der Waals surface area contributed by atoms with Crippen LogP contribution in [0.15, 0.2) is 12.1 Å². The Morgan fingerprint density at radius 2 is 1.90 bits per heavy atom. The van der Waals surface area contributed by atoms with E-state index in [1.54, 1.807) is 6.92 Å². The molecular formula is C12H13F3N2O3. The number of carboxylic acids is 1. The lowest BCUT2D eigenvalue weighted by Crippen LogP contribution is -2.39. The monoisotopic (exact) mass is 290 g/mol. The maximum Gasteiger partial charge on any atom is 0.319 e. The van der Waals surface area contributed by atoms with Crippen LogP contribution >= 0.6 is 0 Å². The molecule has 0 radical (unpaired) electrons. The number of hydrogen-bond donors (Lipinski definition) is 3. The number of aliphatic carboxylic acids is 1. The Kier molecular flexibility index (Phi) is 5.36. The summed E-state index contributed by atoms with van der Waals surface area (Å²) in [6.07, 6.45) is 0.0458. The summed E-state index contributed by atoms with van der Waals surface area (Å²) in [6.45, 7) is 1.66. The molecule has 0 aliphatic rings. The highest BCUT2D eigenvalue weighted by atomic mass is 19.2. The van der Waals surface area contributed by atoms with E-state index >= 15 is 0 Å². The second kappa shape index (κ2) is 6.78. The highest BCUT2D eigenvalue weighted by molar-refractivity contribution is 5.89. The van der Waals surface area contributed by atoms with Crippen LogP contribution < -0.4 is 10.6 Å². The first kappa shape index (κ1) is 15.8. The standard InChI is InChI=1S/C12H13F3N2O3/c1-2-6(5-9(18)19)16-12(20)17-8-4-3-7(13)10(14)11(8)15/h3-4,6H,2,5H2,1H3,(H,18,19)(H2,16,17,20)/t6-/m0/s1. The fourth-order valence-corrected chi connectivity index (χ4v) is 1.47. The molecule has 110 valence electrons. The lowest BCUT2D eigenvalue weighted by molar-refractivity contribution is -0.137. The SMILES string of the molecule is CC[C@@H](CC(=O)O)NC(=O)Nc1ccc(F)c(F)c1F. The molecule has 0 saturated carbocycles. The molecule has 0 fully saturated rings. The third-order valence-corrected chi connectivity index (χ3v) is 2.53. The van der Waals surface area contributed by atoms with Crippen molar-refractivity contribution in [1.82, 2.24) is 5.32 Å². The van der Waals surface area contributed by atoms with Gasteiger partial charge >= 0.3 is 12.0 Å². The van der Waals surface area contributed by atoms with Gasteiger partial charge in [0.2, 0.25) is 0 Å². The van der Waals surface area contributed by atoms with Gasteiger partial charge in [0.25, 0.3) is 0 Å². The molecule has 0 spiro atoms. The summed E-state index contributed by atoms with van der Waals surface area (Å²) in [7, 11) is 0. The number of amides is 2. The Labute approximate surface area is 112 Å². The molecule has 0 aromatic heterocycles. The molecule has 8 heteroatoms. The molecule has 0 aliphatic carbocycles. The van der Waals surface area contributed by atoms with Crippen LogP contribution in [0.4, 0.5) is 23.7 Å². The first-order valence-corrected chi connectivity index (χ1v) is 5.78. The van der Waals surface area contributed by atoms with E-state index in [2.05, 4.69) is 5.32 Å². The first-order valence-electron chi connectivity index (χ1n) is 5.78. The number of carbonyl (C=O) groups is 2. The smallest absolute Gasteiger partial charge is 0.319 e. The van der Waals surface area contributed by atoms with Crippen molar-refractivity contribution in [2.45, 2.75) is 25.8 Å². The molecule has 0 aliphatic heterocycles. The Morgan fingerprint density at radius 3 is 2.45 bits per heavy atom. The van der Waals surface area contributed by atoms with Crippen LogP contribution in [-0.4, -0.2) is 23.1 Å². The number of hydrogen-bond acceptors (Lipinski definition) is 2. The highest BCUT2D eigenvalue weighted by Crippen LogP contribution is 2.19. The van der Waals surface area contributed by atoms with Crippen molar-refractivity contribution in [3.8, 4) is 0 Å². The fraction of sp³-hybridized carbons (Fsp3) is 0.333. The van der Waals surface area contributed by atoms with E-state index < -0.39 is 41.2 Å². The summed E-state index contributed by atoms with van der Waals surface area (Å²) < 4.78 is 38.9. The van der Waals surface area contributed by atoms with Crippen LogP contribution in [0.5, 0.6) is 0 Å². The van der Waals surface area contributed by atoms with Crippen molar-refractivity contribution >= 4 is 17.7 Å². The zero-order valence-corrected chi connectivity index (χ0v) is 10.5. The summed E-state index contributed by atoms with van der Waals surface area (Å²) in [6, 6.07) is -0.0162. The van der Waals surface area contributed by atoms with Gasteiger partial charge in [-0.05, 0) is 18.6 Å². The Bertz CT molecular complexity index is 523. The molecule has 0 unspecified atom stereocenters. The molecule has 5 nitrogen and oxygen atoms in total. The van der Waals surface area contributed by atoms with Crippen LogP contribution in [0.1, 0.15) is 19.8 Å². The molecule has 1 rings (SSSR count). The molecule has 2 amide bonds. The highest BCUT2D eigenvalue weighted by Gasteiger charge is 2.17. The number of anilines is 1. The quantitative estimate of drug-likeness (QED) is 0.729. The number of urea groups is 1. The van der Waals surface area contributed by atoms with Gasteiger partial charge in [0.05, 0.1) is 12.1 Å². The average Bonchev–Trinajstić information content (AvgIpc) is 2.38. The van der Waals surface area contributed by atoms with Gasteiger partial charge in [-0.1, -0.05) is 6.92 Å². The van der Waals surface area contributed by atoms with Gasteiger partial charge in [0.15, 0.2) is 17.5 Å². The van der Waals surface area contributed by atoms with Gasteiger partial charge in [-0.2, -0.15) is 0 Å². The minimum absolute atomic E-state index is 0.301. The number of carbonyl (C=O) groups excluding carboxylic acids is 1. The molecule has 1 aromatic rings. The first-order chi connectivity index (χ1) is 9.35. The molecule has 0 bridgehead atoms. The summed E-state index contributed by atoms with van der Waals surface area (Å²) in [5, 5.41) is 12.9. The van der Waals surface area contributed by atoms with Crippen molar-refractivity contribution in [3.05, 3.63) is 29.6 Å². The van der Waals surface area contributed by atoms with E-state index in [0.717, 1.165) is 6.07 Å². The van der Waals surface area contributed by atoms with Crippen LogP contribution in [0, 0.1) is 17.5 Å². The Morgan fingerprint density at radius 1 is 1.25 bits per heavy atom. The number of halogens is 3. The molecule has 3 N–H and O–H groups in total. The van der Waals surface area contributed by atoms with Gasteiger partial charge in [0, 0.05) is 6.04 Å². The van der Waals surface area contributed by atoms with Crippen molar-refractivity contribution in [3.63, 3.8) is 0 Å². The largest absolute Gasteiger partial charge is 0.481 e. The molecule has 20 heavy (non-hydrogen) atoms. The third-order valence-electron chi connectivity index (χ3n) is 2.53. The minimum atomic E-state index is -1.69. The Balaban J connectivity index is 2.71. The third kappa shape index (κ3) is 4.15. The van der Waals surface area contributed by atoms with Gasteiger partial charge in [-0.3, -0.25) is 4.79 Å². The minimum Gasteiger partial charge on any atom is -0.481 e. The number of benzene rings is 1. The van der Waals surface area contributed by atoms with Gasteiger partial charge < -0.3 is 15.7 Å². The average molecular weight is 290 g/mol. The summed E-state index contributed by atoms with van der Waals surface area (Å²) >= 11 is 0. The van der Waals surface area contributed by atoms with Crippen LogP contribution in [0.2, 0.25) is 0 Å². The number of nitrogens with one attached hydrogen (secondary N) is 2. The van der Waals surface area contributed by atoms with Crippen LogP contribution in [-0.2, 0) is 4.79 Å². The van der Waals surface area contributed by atoms with E-state index in [4.69, 9.17) is 5.11 Å². The molecule has 1 aromatic carbocycles. The van der Waals surface area contributed by atoms with Crippen molar-refractivity contribution < 1.29 is 27.9 Å². The molecule has 0 saturated heterocycles. The topological polar surface area (TPSA) is 78.4 Å². The second-order valence-corrected chi connectivity index (χ2v) is 4.02.